The first-order valence-corrected chi connectivity index (χ1v) is 10.5. The van der Waals surface area contributed by atoms with Gasteiger partial charge in [0.05, 0.1) is 6.54 Å². The molecule has 5 rings (SSSR count). The lowest BCUT2D eigenvalue weighted by molar-refractivity contribution is -0.131. The zero-order chi connectivity index (χ0) is 19.6. The Labute approximate surface area is 178 Å². The summed E-state index contributed by atoms with van der Waals surface area (Å²) in [4.78, 5) is 24.7. The van der Waals surface area contributed by atoms with Crippen LogP contribution < -0.4 is 21.1 Å². The van der Waals surface area contributed by atoms with Crippen molar-refractivity contribution in [2.24, 2.45) is 28.9 Å². The fraction of sp³-hybridized carbons (Fsp3) is 0.636. The molecule has 0 heterocycles. The number of benzene rings is 1. The van der Waals surface area contributed by atoms with Crippen LogP contribution in [0.2, 0.25) is 0 Å². The van der Waals surface area contributed by atoms with Crippen molar-refractivity contribution in [3.05, 3.63) is 24.3 Å². The molecule has 4 saturated carbocycles. The number of anilines is 1. The Balaban J connectivity index is 0.00000240. The number of carbonyl (C=O) groups excluding carboxylic acids is 2. The van der Waals surface area contributed by atoms with E-state index in [1.165, 1.54) is 38.5 Å². The molecule has 6 nitrogen and oxygen atoms in total. The zero-order valence-electron chi connectivity index (χ0n) is 16.8. The van der Waals surface area contributed by atoms with Gasteiger partial charge in [0.2, 0.25) is 11.8 Å². The smallest absolute Gasteiger partial charge is 0.243 e. The number of rotatable bonds is 8. The van der Waals surface area contributed by atoms with E-state index in [-0.39, 0.29) is 36.2 Å². The molecule has 7 heteroatoms. The molecule has 0 aliphatic heterocycles. The lowest BCUT2D eigenvalue weighted by Crippen LogP contribution is -2.48. The molecule has 0 aromatic heterocycles. The van der Waals surface area contributed by atoms with Crippen LogP contribution in [0.15, 0.2) is 24.3 Å². The molecule has 160 valence electrons. The summed E-state index contributed by atoms with van der Waals surface area (Å²) in [5, 5.41) is 5.63. The molecule has 4 aliphatic carbocycles. The molecule has 0 radical (unpaired) electrons. The van der Waals surface area contributed by atoms with Crippen LogP contribution in [0.5, 0.6) is 5.75 Å². The highest BCUT2D eigenvalue weighted by molar-refractivity contribution is 5.94. The number of nitrogens with one attached hydrogen (secondary N) is 2. The van der Waals surface area contributed by atoms with E-state index >= 15 is 0 Å². The number of hydrogen-bond acceptors (Lipinski definition) is 4. The minimum atomic E-state index is -0.213. The van der Waals surface area contributed by atoms with Crippen molar-refractivity contribution in [3.63, 3.8) is 0 Å². The summed E-state index contributed by atoms with van der Waals surface area (Å²) in [5.74, 6) is 3.02. The van der Waals surface area contributed by atoms with Gasteiger partial charge in [-0.15, -0.1) is 12.4 Å². The second-order valence-electron chi connectivity index (χ2n) is 9.08. The lowest BCUT2D eigenvalue weighted by atomic mass is 9.49. The molecule has 29 heavy (non-hydrogen) atoms. The van der Waals surface area contributed by atoms with Gasteiger partial charge < -0.3 is 21.1 Å². The zero-order valence-corrected chi connectivity index (χ0v) is 17.6. The SMILES string of the molecule is Cl.NCCOc1ccc(NC(=O)CNC(=O)CC23CC4CC(CC(C4)C2)C3)cc1. The molecule has 2 amide bonds. The van der Waals surface area contributed by atoms with Crippen LogP contribution in [0.4, 0.5) is 5.69 Å². The fourth-order valence-electron chi connectivity index (χ4n) is 6.10. The van der Waals surface area contributed by atoms with E-state index in [0.29, 0.717) is 31.0 Å². The fourth-order valence-corrected chi connectivity index (χ4v) is 6.10. The molecule has 0 unspecified atom stereocenters. The van der Waals surface area contributed by atoms with E-state index in [9.17, 15) is 9.59 Å². The van der Waals surface area contributed by atoms with Gasteiger partial charge in [-0.3, -0.25) is 9.59 Å². The van der Waals surface area contributed by atoms with Crippen LogP contribution in [0.3, 0.4) is 0 Å². The Morgan fingerprint density at radius 2 is 1.59 bits per heavy atom. The highest BCUT2D eigenvalue weighted by Gasteiger charge is 2.51. The second kappa shape index (κ2) is 9.35. The molecule has 1 aromatic rings. The van der Waals surface area contributed by atoms with Gasteiger partial charge in [-0.1, -0.05) is 0 Å². The third kappa shape index (κ3) is 5.43. The average Bonchev–Trinajstić information content (AvgIpc) is 2.64. The highest BCUT2D eigenvalue weighted by Crippen LogP contribution is 2.61. The van der Waals surface area contributed by atoms with Crippen molar-refractivity contribution in [3.8, 4) is 5.75 Å². The van der Waals surface area contributed by atoms with Crippen LogP contribution in [0.1, 0.15) is 44.9 Å². The average molecular weight is 422 g/mol. The first kappa shape index (κ1) is 21.9. The Morgan fingerprint density at radius 3 is 2.14 bits per heavy atom. The Hall–Kier alpha value is -1.79. The van der Waals surface area contributed by atoms with Crippen LogP contribution in [-0.4, -0.2) is 31.5 Å². The van der Waals surface area contributed by atoms with E-state index in [4.69, 9.17) is 10.5 Å². The van der Waals surface area contributed by atoms with Crippen LogP contribution in [-0.2, 0) is 9.59 Å². The van der Waals surface area contributed by atoms with E-state index < -0.39 is 0 Å². The third-order valence-electron chi connectivity index (χ3n) is 6.67. The first-order chi connectivity index (χ1) is 13.5. The summed E-state index contributed by atoms with van der Waals surface area (Å²) in [6.07, 6.45) is 8.32. The molecule has 4 fully saturated rings. The summed E-state index contributed by atoms with van der Waals surface area (Å²) >= 11 is 0. The molecule has 4 bridgehead atoms. The van der Waals surface area contributed by atoms with Crippen molar-refractivity contribution in [2.45, 2.75) is 44.9 Å². The Kier molecular flexibility index (Phi) is 7.06. The van der Waals surface area contributed by atoms with Gasteiger partial charge in [-0.05, 0) is 86.0 Å². The van der Waals surface area contributed by atoms with Crippen LogP contribution >= 0.6 is 12.4 Å². The first-order valence-electron chi connectivity index (χ1n) is 10.5. The lowest BCUT2D eigenvalue weighted by Gasteiger charge is -2.56. The maximum absolute atomic E-state index is 12.5. The summed E-state index contributed by atoms with van der Waals surface area (Å²) < 4.78 is 5.41. The second-order valence-corrected chi connectivity index (χ2v) is 9.08. The molecule has 0 spiro atoms. The van der Waals surface area contributed by atoms with Gasteiger partial charge in [-0.25, -0.2) is 0 Å². The van der Waals surface area contributed by atoms with Gasteiger partial charge >= 0.3 is 0 Å². The summed E-state index contributed by atoms with van der Waals surface area (Å²) in [6, 6.07) is 7.13. The molecular formula is C22H32ClN3O3. The van der Waals surface area contributed by atoms with Crippen molar-refractivity contribution in [1.82, 2.24) is 5.32 Å². The van der Waals surface area contributed by atoms with E-state index in [1.807, 2.05) is 0 Å². The molecule has 1 aromatic carbocycles. The third-order valence-corrected chi connectivity index (χ3v) is 6.67. The maximum Gasteiger partial charge on any atom is 0.243 e. The van der Waals surface area contributed by atoms with E-state index in [0.717, 1.165) is 17.8 Å². The summed E-state index contributed by atoms with van der Waals surface area (Å²) in [5.41, 5.74) is 6.29. The largest absolute Gasteiger partial charge is 0.492 e. The van der Waals surface area contributed by atoms with Crippen LogP contribution in [0, 0.1) is 23.2 Å². The topological polar surface area (TPSA) is 93.4 Å². The molecule has 0 saturated heterocycles. The van der Waals surface area contributed by atoms with Gasteiger partial charge in [0.25, 0.3) is 0 Å². The Morgan fingerprint density at radius 1 is 1.00 bits per heavy atom. The monoisotopic (exact) mass is 421 g/mol. The van der Waals surface area contributed by atoms with Crippen molar-refractivity contribution in [1.29, 1.82) is 0 Å². The number of ether oxygens (including phenoxy) is 1. The number of amides is 2. The van der Waals surface area contributed by atoms with Gasteiger partial charge in [0.15, 0.2) is 0 Å². The van der Waals surface area contributed by atoms with Gasteiger partial charge in [-0.2, -0.15) is 0 Å². The van der Waals surface area contributed by atoms with Gasteiger partial charge in [0.1, 0.15) is 12.4 Å². The minimum absolute atomic E-state index is 0. The standard InChI is InChI=1S/C22H31N3O3.ClH/c23-5-6-28-19-3-1-18(2-4-19)25-21(27)14-24-20(26)13-22-10-15-7-16(11-22)9-17(8-15)12-22;/h1-4,15-17H,5-14,23H2,(H,24,26)(H,25,27);1H. The molecule has 0 atom stereocenters. The molecular weight excluding hydrogens is 390 g/mol. The minimum Gasteiger partial charge on any atom is -0.492 e. The van der Waals surface area contributed by atoms with Crippen molar-refractivity contribution < 1.29 is 14.3 Å². The van der Waals surface area contributed by atoms with E-state index in [2.05, 4.69) is 10.6 Å². The number of nitrogens with two attached hydrogens (primary N) is 1. The van der Waals surface area contributed by atoms with Crippen molar-refractivity contribution >= 4 is 29.9 Å². The normalized spacial score (nSPS) is 29.1. The quantitative estimate of drug-likeness (QED) is 0.601. The number of hydrogen-bond donors (Lipinski definition) is 3. The predicted octanol–water partition coefficient (Wildman–Crippen LogP) is 3.11. The predicted molar refractivity (Wildman–Crippen MR) is 115 cm³/mol. The molecule has 4 N–H and O–H groups in total. The number of halogens is 1. The van der Waals surface area contributed by atoms with Crippen LogP contribution in [0.25, 0.3) is 0 Å². The molecule has 4 aliphatic rings. The number of carbonyl (C=O) groups is 2. The Bertz CT molecular complexity index is 687. The van der Waals surface area contributed by atoms with Crippen molar-refractivity contribution in [2.75, 3.05) is 25.0 Å². The van der Waals surface area contributed by atoms with Gasteiger partial charge in [0, 0.05) is 18.7 Å². The van der Waals surface area contributed by atoms with E-state index in [1.54, 1.807) is 24.3 Å². The highest BCUT2D eigenvalue weighted by atomic mass is 35.5. The summed E-state index contributed by atoms with van der Waals surface area (Å²) in [7, 11) is 0. The maximum atomic E-state index is 12.5. The summed E-state index contributed by atoms with van der Waals surface area (Å²) in [6.45, 7) is 0.930.